The summed E-state index contributed by atoms with van der Waals surface area (Å²) in [4.78, 5) is 27.6. The molecule has 0 saturated carbocycles. The number of carboxylic acids is 1. The Morgan fingerprint density at radius 3 is 2.57 bits per heavy atom. The summed E-state index contributed by atoms with van der Waals surface area (Å²) in [5.41, 5.74) is 0.843. The molecule has 2 rings (SSSR count). The first kappa shape index (κ1) is 15.7. The number of nitrogens with one attached hydrogen (secondary N) is 1. The lowest BCUT2D eigenvalue weighted by Crippen LogP contribution is -2.40. The molecule has 0 aliphatic heterocycles. The van der Waals surface area contributed by atoms with Crippen molar-refractivity contribution in [2.75, 3.05) is 6.54 Å². The normalized spacial score (nSPS) is 11.1. The number of nitrogens with zero attached hydrogens (tertiary/aromatic N) is 1. The fourth-order valence-electron chi connectivity index (χ4n) is 2.06. The number of H-pyrrole nitrogens is 1. The zero-order valence-electron chi connectivity index (χ0n) is 11.5. The highest BCUT2D eigenvalue weighted by molar-refractivity contribution is 6.39. The molecule has 0 unspecified atom stereocenters. The third-order valence-corrected chi connectivity index (χ3v) is 3.73. The number of carboxylic acid groups (broad SMARTS) is 1. The number of carbonyl (C=O) groups excluding carboxylic acids is 1. The molecule has 0 aliphatic carbocycles. The second-order valence-corrected chi connectivity index (χ2v) is 5.74. The number of hydrogen-bond donors (Lipinski definition) is 2. The highest BCUT2D eigenvalue weighted by atomic mass is 35.5. The molecule has 1 heterocycles. The van der Waals surface area contributed by atoms with E-state index in [2.05, 4.69) is 4.98 Å². The summed E-state index contributed by atoms with van der Waals surface area (Å²) in [5, 5.41) is 10.3. The summed E-state index contributed by atoms with van der Waals surface area (Å²) in [6, 6.07) is 4.79. The van der Waals surface area contributed by atoms with Gasteiger partial charge in [0.05, 0.1) is 5.02 Å². The predicted octanol–water partition coefficient (Wildman–Crippen LogP) is 3.41. The fourth-order valence-corrected chi connectivity index (χ4v) is 2.51. The van der Waals surface area contributed by atoms with Crippen LogP contribution in [0.3, 0.4) is 0 Å². The number of hydrogen-bond acceptors (Lipinski definition) is 2. The van der Waals surface area contributed by atoms with Crippen LogP contribution in [0.25, 0.3) is 10.9 Å². The van der Waals surface area contributed by atoms with Crippen LogP contribution in [0.4, 0.5) is 0 Å². The minimum atomic E-state index is -1.08. The van der Waals surface area contributed by atoms with E-state index in [1.54, 1.807) is 32.0 Å². The van der Waals surface area contributed by atoms with Crippen molar-refractivity contribution in [1.29, 1.82) is 0 Å². The van der Waals surface area contributed by atoms with Crippen LogP contribution in [-0.4, -0.2) is 39.5 Å². The van der Waals surface area contributed by atoms with E-state index in [0.717, 1.165) is 0 Å². The number of aromatic amines is 1. The van der Waals surface area contributed by atoms with E-state index >= 15 is 0 Å². The number of rotatable bonds is 4. The van der Waals surface area contributed by atoms with Gasteiger partial charge in [0.2, 0.25) is 0 Å². The van der Waals surface area contributed by atoms with Crippen LogP contribution in [0.15, 0.2) is 18.2 Å². The van der Waals surface area contributed by atoms with E-state index in [9.17, 15) is 9.59 Å². The molecule has 0 fully saturated rings. The van der Waals surface area contributed by atoms with E-state index in [0.29, 0.717) is 15.9 Å². The predicted molar refractivity (Wildman–Crippen MR) is 82.1 cm³/mol. The van der Waals surface area contributed by atoms with Crippen molar-refractivity contribution in [1.82, 2.24) is 9.88 Å². The van der Waals surface area contributed by atoms with Crippen LogP contribution in [0.1, 0.15) is 24.3 Å². The molecule has 5 nitrogen and oxygen atoms in total. The molecule has 1 amide bonds. The van der Waals surface area contributed by atoms with Crippen LogP contribution in [0.2, 0.25) is 10.0 Å². The van der Waals surface area contributed by atoms with Crippen LogP contribution in [0, 0.1) is 0 Å². The average Bonchev–Trinajstić information content (AvgIpc) is 2.72. The lowest BCUT2D eigenvalue weighted by Gasteiger charge is -2.24. The largest absolute Gasteiger partial charge is 0.480 e. The highest BCUT2D eigenvalue weighted by Gasteiger charge is 2.25. The molecule has 112 valence electrons. The standard InChI is InChI=1S/C14H14Cl2N2O3/c1-7(2)18(6-11(19)20)14(21)13-12(16)9-5-8(15)3-4-10(9)17-13/h3-5,7,17H,6H2,1-2H3,(H,19,20). The Kier molecular flexibility index (Phi) is 4.44. The van der Waals surface area contributed by atoms with Gasteiger partial charge in [-0.3, -0.25) is 9.59 Å². The number of amides is 1. The molecule has 0 saturated heterocycles. The van der Waals surface area contributed by atoms with Crippen molar-refractivity contribution in [3.05, 3.63) is 33.9 Å². The maximum absolute atomic E-state index is 12.5. The van der Waals surface area contributed by atoms with Crippen LogP contribution in [-0.2, 0) is 4.79 Å². The van der Waals surface area contributed by atoms with Crippen molar-refractivity contribution < 1.29 is 14.7 Å². The topological polar surface area (TPSA) is 73.4 Å². The summed E-state index contributed by atoms with van der Waals surface area (Å²) in [6.45, 7) is 3.10. The van der Waals surface area contributed by atoms with Crippen LogP contribution in [0.5, 0.6) is 0 Å². The van der Waals surface area contributed by atoms with Gasteiger partial charge >= 0.3 is 5.97 Å². The smallest absolute Gasteiger partial charge is 0.323 e. The monoisotopic (exact) mass is 328 g/mol. The molecule has 0 bridgehead atoms. The molecule has 2 aromatic rings. The van der Waals surface area contributed by atoms with Gasteiger partial charge in [-0.1, -0.05) is 23.2 Å². The summed E-state index contributed by atoms with van der Waals surface area (Å²) in [7, 11) is 0. The minimum absolute atomic E-state index is 0.170. The van der Waals surface area contributed by atoms with E-state index < -0.39 is 11.9 Å². The van der Waals surface area contributed by atoms with Crippen molar-refractivity contribution in [3.8, 4) is 0 Å². The molecule has 1 aromatic carbocycles. The molecular formula is C14H14Cl2N2O3. The lowest BCUT2D eigenvalue weighted by atomic mass is 10.2. The van der Waals surface area contributed by atoms with Gasteiger partial charge in [0.25, 0.3) is 5.91 Å². The summed E-state index contributed by atoms with van der Waals surface area (Å²) < 4.78 is 0. The summed E-state index contributed by atoms with van der Waals surface area (Å²) in [5.74, 6) is -1.53. The second-order valence-electron chi connectivity index (χ2n) is 4.92. The number of carbonyl (C=O) groups is 2. The van der Waals surface area contributed by atoms with E-state index in [1.807, 2.05) is 0 Å². The Morgan fingerprint density at radius 2 is 2.00 bits per heavy atom. The Balaban J connectivity index is 2.47. The number of aliphatic carboxylic acids is 1. The van der Waals surface area contributed by atoms with Gasteiger partial charge < -0.3 is 15.0 Å². The van der Waals surface area contributed by atoms with Gasteiger partial charge in [-0.2, -0.15) is 0 Å². The van der Waals surface area contributed by atoms with Gasteiger partial charge in [-0.15, -0.1) is 0 Å². The van der Waals surface area contributed by atoms with E-state index in [-0.39, 0.29) is 23.3 Å². The van der Waals surface area contributed by atoms with Gasteiger partial charge in [0.15, 0.2) is 0 Å². The van der Waals surface area contributed by atoms with Crippen molar-refractivity contribution in [2.45, 2.75) is 19.9 Å². The molecule has 0 radical (unpaired) electrons. The van der Waals surface area contributed by atoms with E-state index in [1.165, 1.54) is 4.90 Å². The second kappa shape index (κ2) is 5.95. The highest BCUT2D eigenvalue weighted by Crippen LogP contribution is 2.30. The Morgan fingerprint density at radius 1 is 1.33 bits per heavy atom. The zero-order valence-corrected chi connectivity index (χ0v) is 13.0. The van der Waals surface area contributed by atoms with Gasteiger partial charge in [-0.05, 0) is 32.0 Å². The van der Waals surface area contributed by atoms with Gasteiger partial charge in [0, 0.05) is 22.0 Å². The number of aromatic nitrogens is 1. The third-order valence-electron chi connectivity index (χ3n) is 3.10. The zero-order chi connectivity index (χ0) is 15.7. The molecule has 7 heteroatoms. The maximum atomic E-state index is 12.5. The van der Waals surface area contributed by atoms with Crippen molar-refractivity contribution in [3.63, 3.8) is 0 Å². The number of fused-ring (bicyclic) bond motifs is 1. The quantitative estimate of drug-likeness (QED) is 0.903. The number of benzene rings is 1. The first-order valence-corrected chi connectivity index (χ1v) is 7.06. The molecule has 0 aliphatic rings. The van der Waals surface area contributed by atoms with Crippen LogP contribution >= 0.6 is 23.2 Å². The van der Waals surface area contributed by atoms with Gasteiger partial charge in [0.1, 0.15) is 12.2 Å². The molecule has 21 heavy (non-hydrogen) atoms. The molecule has 2 N–H and O–H groups in total. The van der Waals surface area contributed by atoms with Gasteiger partial charge in [-0.25, -0.2) is 0 Å². The molecular weight excluding hydrogens is 315 g/mol. The fraction of sp³-hybridized carbons (Fsp3) is 0.286. The maximum Gasteiger partial charge on any atom is 0.323 e. The minimum Gasteiger partial charge on any atom is -0.480 e. The van der Waals surface area contributed by atoms with Crippen LogP contribution < -0.4 is 0 Å². The Hall–Kier alpha value is -1.72. The SMILES string of the molecule is CC(C)N(CC(=O)O)C(=O)c1[nH]c2ccc(Cl)cc2c1Cl. The Bertz CT molecular complexity index is 710. The number of halogens is 2. The molecule has 1 aromatic heterocycles. The average molecular weight is 329 g/mol. The molecule has 0 atom stereocenters. The summed E-state index contributed by atoms with van der Waals surface area (Å²) in [6.07, 6.45) is 0. The first-order valence-electron chi connectivity index (χ1n) is 6.30. The summed E-state index contributed by atoms with van der Waals surface area (Å²) >= 11 is 12.1. The Labute approximate surface area is 131 Å². The third kappa shape index (κ3) is 3.14. The van der Waals surface area contributed by atoms with Crippen molar-refractivity contribution >= 4 is 46.0 Å². The first-order chi connectivity index (χ1) is 9.81. The van der Waals surface area contributed by atoms with E-state index in [4.69, 9.17) is 28.3 Å². The molecule has 0 spiro atoms. The lowest BCUT2D eigenvalue weighted by molar-refractivity contribution is -0.138. The van der Waals surface area contributed by atoms with Crippen molar-refractivity contribution in [2.24, 2.45) is 0 Å².